The van der Waals surface area contributed by atoms with Crippen molar-refractivity contribution in [3.05, 3.63) is 53.6 Å². The molecule has 0 aliphatic carbocycles. The predicted molar refractivity (Wildman–Crippen MR) is 147 cm³/mol. The summed E-state index contributed by atoms with van der Waals surface area (Å²) in [6, 6.07) is 10.4. The SMILES string of the molecule is COC(=O)c1c(O)cccc1OCCCCNC(=O)[C@H](Cc1ccc(NCC(=O)O)cc1)NC(=O)OC(C)(C)C. The van der Waals surface area contributed by atoms with Gasteiger partial charge in [0.05, 0.1) is 13.7 Å². The van der Waals surface area contributed by atoms with Crippen LogP contribution in [0.15, 0.2) is 42.5 Å². The van der Waals surface area contributed by atoms with E-state index in [0.29, 0.717) is 25.1 Å². The van der Waals surface area contributed by atoms with Gasteiger partial charge in [0.25, 0.3) is 0 Å². The number of carbonyl (C=O) groups is 4. The van der Waals surface area contributed by atoms with E-state index >= 15 is 0 Å². The molecule has 218 valence electrons. The maximum Gasteiger partial charge on any atom is 0.408 e. The van der Waals surface area contributed by atoms with E-state index in [1.54, 1.807) is 57.2 Å². The van der Waals surface area contributed by atoms with Crippen molar-refractivity contribution in [3.8, 4) is 11.5 Å². The number of hydrogen-bond acceptors (Lipinski definition) is 9. The molecule has 12 nitrogen and oxygen atoms in total. The van der Waals surface area contributed by atoms with Crippen LogP contribution in [0.25, 0.3) is 0 Å². The summed E-state index contributed by atoms with van der Waals surface area (Å²) < 4.78 is 15.6. The zero-order valence-corrected chi connectivity index (χ0v) is 23.1. The second kappa shape index (κ2) is 15.2. The quantitative estimate of drug-likeness (QED) is 0.171. The van der Waals surface area contributed by atoms with Gasteiger partial charge in [-0.25, -0.2) is 9.59 Å². The van der Waals surface area contributed by atoms with Gasteiger partial charge >= 0.3 is 18.0 Å². The largest absolute Gasteiger partial charge is 0.507 e. The first-order valence-corrected chi connectivity index (χ1v) is 12.7. The predicted octanol–water partition coefficient (Wildman–Crippen LogP) is 3.09. The number of benzene rings is 2. The van der Waals surface area contributed by atoms with Gasteiger partial charge in [-0.2, -0.15) is 0 Å². The zero-order valence-electron chi connectivity index (χ0n) is 23.1. The molecule has 1 atom stereocenters. The molecule has 0 aliphatic rings. The molecular weight excluding hydrogens is 522 g/mol. The number of carboxylic acids is 1. The van der Waals surface area contributed by atoms with Crippen molar-refractivity contribution in [3.63, 3.8) is 0 Å². The van der Waals surface area contributed by atoms with Gasteiger partial charge < -0.3 is 40.4 Å². The van der Waals surface area contributed by atoms with Gasteiger partial charge in [-0.05, 0) is 63.4 Å². The molecule has 0 fully saturated rings. The minimum Gasteiger partial charge on any atom is -0.507 e. The first-order valence-electron chi connectivity index (χ1n) is 12.7. The Morgan fingerprint density at radius 1 is 1.00 bits per heavy atom. The third-order valence-corrected chi connectivity index (χ3v) is 5.37. The number of methoxy groups -OCH3 is 1. The third-order valence-electron chi connectivity index (χ3n) is 5.37. The van der Waals surface area contributed by atoms with E-state index in [4.69, 9.17) is 14.6 Å². The number of carboxylic acid groups (broad SMARTS) is 1. The van der Waals surface area contributed by atoms with Gasteiger partial charge in [0, 0.05) is 18.7 Å². The highest BCUT2D eigenvalue weighted by atomic mass is 16.6. The van der Waals surface area contributed by atoms with Crippen LogP contribution in [-0.2, 0) is 25.5 Å². The smallest absolute Gasteiger partial charge is 0.408 e. The number of phenolic OH excluding ortho intramolecular Hbond substituents is 1. The topological polar surface area (TPSA) is 173 Å². The van der Waals surface area contributed by atoms with Crippen molar-refractivity contribution in [2.45, 2.75) is 51.7 Å². The number of nitrogens with one attached hydrogen (secondary N) is 3. The molecular formula is C28H37N3O9. The lowest BCUT2D eigenvalue weighted by Crippen LogP contribution is -2.49. The summed E-state index contributed by atoms with van der Waals surface area (Å²) in [6.45, 7) is 5.46. The average Bonchev–Trinajstić information content (AvgIpc) is 2.88. The van der Waals surface area contributed by atoms with E-state index < -0.39 is 35.6 Å². The van der Waals surface area contributed by atoms with E-state index in [1.807, 2.05) is 0 Å². The molecule has 0 spiro atoms. The Morgan fingerprint density at radius 3 is 2.33 bits per heavy atom. The van der Waals surface area contributed by atoms with Crippen molar-refractivity contribution < 1.29 is 43.6 Å². The van der Waals surface area contributed by atoms with Crippen molar-refractivity contribution in [1.29, 1.82) is 0 Å². The highest BCUT2D eigenvalue weighted by molar-refractivity contribution is 5.95. The Kier molecular flexibility index (Phi) is 12.1. The van der Waals surface area contributed by atoms with Gasteiger partial charge in [0.15, 0.2) is 0 Å². The summed E-state index contributed by atoms with van der Waals surface area (Å²) >= 11 is 0. The highest BCUT2D eigenvalue weighted by Crippen LogP contribution is 2.28. The lowest BCUT2D eigenvalue weighted by Gasteiger charge is -2.23. The fourth-order valence-electron chi connectivity index (χ4n) is 3.52. The first-order chi connectivity index (χ1) is 18.9. The fourth-order valence-corrected chi connectivity index (χ4v) is 3.52. The minimum atomic E-state index is -0.987. The van der Waals surface area contributed by atoms with Crippen LogP contribution in [0.5, 0.6) is 11.5 Å². The number of carbonyl (C=O) groups excluding carboxylic acids is 3. The van der Waals surface area contributed by atoms with E-state index in [0.717, 1.165) is 5.56 Å². The van der Waals surface area contributed by atoms with Crippen molar-refractivity contribution in [2.75, 3.05) is 32.1 Å². The normalized spacial score (nSPS) is 11.6. The standard InChI is InChI=1S/C28H37N3O9/c1-28(2,3)40-27(37)31-20(16-18-10-12-19(13-11-18)30-17-23(33)34)25(35)29-14-5-6-15-39-22-9-7-8-21(32)24(22)26(36)38-4/h7-13,20,30,32H,5-6,14-17H2,1-4H3,(H,29,35)(H,31,37)(H,33,34)/t20-/m0/s1. The van der Waals surface area contributed by atoms with Crippen LogP contribution < -0.4 is 20.7 Å². The molecule has 2 aromatic carbocycles. The summed E-state index contributed by atoms with van der Waals surface area (Å²) in [5.74, 6) is -2.15. The van der Waals surface area contributed by atoms with Crippen LogP contribution in [0.3, 0.4) is 0 Å². The van der Waals surface area contributed by atoms with E-state index in [-0.39, 0.29) is 36.6 Å². The Balaban J connectivity index is 1.92. The van der Waals surface area contributed by atoms with Crippen LogP contribution >= 0.6 is 0 Å². The van der Waals surface area contributed by atoms with Crippen molar-refractivity contribution in [1.82, 2.24) is 10.6 Å². The molecule has 0 radical (unpaired) electrons. The summed E-state index contributed by atoms with van der Waals surface area (Å²) in [7, 11) is 1.21. The molecule has 40 heavy (non-hydrogen) atoms. The molecule has 0 aliphatic heterocycles. The van der Waals surface area contributed by atoms with Gasteiger partial charge in [-0.15, -0.1) is 0 Å². The Labute approximate surface area is 233 Å². The van der Waals surface area contributed by atoms with Crippen molar-refractivity contribution in [2.24, 2.45) is 0 Å². The second-order valence-corrected chi connectivity index (χ2v) is 9.84. The number of esters is 1. The highest BCUT2D eigenvalue weighted by Gasteiger charge is 2.25. The van der Waals surface area contributed by atoms with E-state index in [9.17, 15) is 24.3 Å². The summed E-state index contributed by atoms with van der Waals surface area (Å²) in [5, 5.41) is 26.9. The van der Waals surface area contributed by atoms with Crippen LogP contribution in [-0.4, -0.2) is 72.6 Å². The van der Waals surface area contributed by atoms with Crippen LogP contribution in [0, 0.1) is 0 Å². The number of anilines is 1. The minimum absolute atomic E-state index is 0.0555. The van der Waals surface area contributed by atoms with Crippen LogP contribution in [0.2, 0.25) is 0 Å². The second-order valence-electron chi connectivity index (χ2n) is 9.84. The Bertz CT molecular complexity index is 1160. The number of phenols is 1. The maximum absolute atomic E-state index is 13.0. The molecule has 0 unspecified atom stereocenters. The molecule has 0 saturated heterocycles. The van der Waals surface area contributed by atoms with E-state index in [2.05, 4.69) is 20.7 Å². The van der Waals surface area contributed by atoms with Gasteiger partial charge in [0.2, 0.25) is 5.91 Å². The monoisotopic (exact) mass is 559 g/mol. The molecule has 0 saturated carbocycles. The number of aromatic hydroxyl groups is 1. The van der Waals surface area contributed by atoms with Gasteiger partial charge in [0.1, 0.15) is 35.3 Å². The van der Waals surface area contributed by atoms with Crippen LogP contribution in [0.4, 0.5) is 10.5 Å². The molecule has 2 amide bonds. The molecule has 2 aromatic rings. The first kappa shape index (κ1) is 31.7. The lowest BCUT2D eigenvalue weighted by molar-refractivity contribution is -0.135. The average molecular weight is 560 g/mol. The Hall–Kier alpha value is -4.48. The molecule has 2 rings (SSSR count). The van der Waals surface area contributed by atoms with Crippen LogP contribution in [0.1, 0.15) is 49.5 Å². The summed E-state index contributed by atoms with van der Waals surface area (Å²) in [4.78, 5) is 48.0. The number of hydrogen-bond donors (Lipinski definition) is 5. The number of ether oxygens (including phenoxy) is 3. The number of alkyl carbamates (subject to hydrolysis) is 1. The number of amides is 2. The maximum atomic E-state index is 13.0. The number of unbranched alkanes of at least 4 members (excludes halogenated alkanes) is 1. The van der Waals surface area contributed by atoms with Gasteiger partial charge in [-0.3, -0.25) is 9.59 Å². The summed E-state index contributed by atoms with van der Waals surface area (Å²) in [5.41, 5.74) is 0.559. The summed E-state index contributed by atoms with van der Waals surface area (Å²) in [6.07, 6.45) is 0.529. The molecule has 0 bridgehead atoms. The number of aliphatic carboxylic acids is 1. The zero-order chi connectivity index (χ0) is 29.7. The lowest BCUT2D eigenvalue weighted by atomic mass is 10.0. The van der Waals surface area contributed by atoms with E-state index in [1.165, 1.54) is 13.2 Å². The Morgan fingerprint density at radius 2 is 1.70 bits per heavy atom. The molecule has 0 aromatic heterocycles. The molecule has 5 N–H and O–H groups in total. The van der Waals surface area contributed by atoms with Gasteiger partial charge in [-0.1, -0.05) is 18.2 Å². The molecule has 0 heterocycles. The number of rotatable bonds is 14. The third kappa shape index (κ3) is 11.1. The fraction of sp³-hybridized carbons (Fsp3) is 0.429. The van der Waals surface area contributed by atoms with Crippen molar-refractivity contribution >= 4 is 29.6 Å². The molecule has 12 heteroatoms.